The Kier molecular flexibility index (Phi) is 5.29. The van der Waals surface area contributed by atoms with E-state index >= 15 is 0 Å². The standard InChI is InChI=1S/C20H21N3O5S2/c1-28-17-9-7-15(8-10-17)19-13-20(22-30(26,27)18-5-3-2-4-6-18)23(21-19)16-11-12-29(24,25)14-16/h2-10,13,16,22H,11-12,14H2,1H3. The molecule has 10 heteroatoms. The van der Waals surface area contributed by atoms with Crippen molar-refractivity contribution in [2.75, 3.05) is 23.3 Å². The Morgan fingerprint density at radius 3 is 2.40 bits per heavy atom. The van der Waals surface area contributed by atoms with Crippen molar-refractivity contribution >= 4 is 25.7 Å². The van der Waals surface area contributed by atoms with Crippen molar-refractivity contribution in [1.82, 2.24) is 9.78 Å². The number of ether oxygens (including phenoxy) is 1. The van der Waals surface area contributed by atoms with E-state index in [2.05, 4.69) is 9.82 Å². The number of nitrogens with zero attached hydrogens (tertiary/aromatic N) is 2. The predicted octanol–water partition coefficient (Wildman–Crippen LogP) is 2.72. The van der Waals surface area contributed by atoms with Crippen molar-refractivity contribution < 1.29 is 21.6 Å². The van der Waals surface area contributed by atoms with Crippen molar-refractivity contribution in [1.29, 1.82) is 0 Å². The minimum absolute atomic E-state index is 0.0558. The summed E-state index contributed by atoms with van der Waals surface area (Å²) >= 11 is 0. The van der Waals surface area contributed by atoms with Crippen molar-refractivity contribution in [3.63, 3.8) is 0 Å². The molecule has 3 aromatic rings. The number of benzene rings is 2. The summed E-state index contributed by atoms with van der Waals surface area (Å²) in [6.07, 6.45) is 0.381. The summed E-state index contributed by atoms with van der Waals surface area (Å²) < 4.78 is 58.9. The molecule has 1 unspecified atom stereocenters. The lowest BCUT2D eigenvalue weighted by Crippen LogP contribution is -2.19. The summed E-state index contributed by atoms with van der Waals surface area (Å²) in [6.45, 7) is 0. The van der Waals surface area contributed by atoms with Crippen LogP contribution in [0.4, 0.5) is 5.82 Å². The van der Waals surface area contributed by atoms with Gasteiger partial charge in [0.15, 0.2) is 9.84 Å². The predicted molar refractivity (Wildman–Crippen MR) is 114 cm³/mol. The number of aromatic nitrogens is 2. The van der Waals surface area contributed by atoms with E-state index in [1.54, 1.807) is 43.5 Å². The summed E-state index contributed by atoms with van der Waals surface area (Å²) in [5.74, 6) is 0.897. The van der Waals surface area contributed by atoms with Gasteiger partial charge in [-0.15, -0.1) is 0 Å². The van der Waals surface area contributed by atoms with Crippen LogP contribution in [0, 0.1) is 0 Å². The van der Waals surface area contributed by atoms with Crippen LogP contribution in [-0.4, -0.2) is 45.2 Å². The first-order valence-electron chi connectivity index (χ1n) is 9.30. The Bertz CT molecular complexity index is 1250. The smallest absolute Gasteiger partial charge is 0.263 e. The van der Waals surface area contributed by atoms with Gasteiger partial charge < -0.3 is 4.74 Å². The van der Waals surface area contributed by atoms with Gasteiger partial charge in [-0.3, -0.25) is 4.72 Å². The number of anilines is 1. The Labute approximate surface area is 175 Å². The molecule has 1 atom stereocenters. The molecule has 0 aliphatic carbocycles. The normalized spacial score (nSPS) is 18.2. The summed E-state index contributed by atoms with van der Waals surface area (Å²) in [5.41, 5.74) is 1.29. The maximum absolute atomic E-state index is 12.8. The van der Waals surface area contributed by atoms with E-state index in [-0.39, 0.29) is 22.2 Å². The Balaban J connectivity index is 1.74. The third kappa shape index (κ3) is 4.19. The molecule has 158 valence electrons. The molecule has 0 saturated carbocycles. The molecule has 1 aliphatic heterocycles. The van der Waals surface area contributed by atoms with Crippen LogP contribution in [-0.2, 0) is 19.9 Å². The fourth-order valence-electron chi connectivity index (χ4n) is 3.42. The van der Waals surface area contributed by atoms with Crippen molar-refractivity contribution in [3.8, 4) is 17.0 Å². The molecule has 1 aliphatic rings. The first-order chi connectivity index (χ1) is 14.3. The molecule has 0 radical (unpaired) electrons. The zero-order chi connectivity index (χ0) is 21.4. The minimum atomic E-state index is -3.85. The second kappa shape index (κ2) is 7.77. The summed E-state index contributed by atoms with van der Waals surface area (Å²) in [4.78, 5) is 0.114. The van der Waals surface area contributed by atoms with Crippen molar-refractivity contribution in [2.45, 2.75) is 17.4 Å². The SMILES string of the molecule is COc1ccc(-c2cc(NS(=O)(=O)c3ccccc3)n(C3CCS(=O)(=O)C3)n2)cc1. The molecule has 0 amide bonds. The van der Waals surface area contributed by atoms with Gasteiger partial charge >= 0.3 is 0 Å². The zero-order valence-electron chi connectivity index (χ0n) is 16.2. The molecule has 2 aromatic carbocycles. The van der Waals surface area contributed by atoms with Crippen LogP contribution < -0.4 is 9.46 Å². The number of sulfone groups is 1. The number of methoxy groups -OCH3 is 1. The summed E-state index contributed by atoms with van der Waals surface area (Å²) in [6, 6.07) is 16.4. The van der Waals surface area contributed by atoms with E-state index in [1.165, 1.54) is 16.8 Å². The number of sulfonamides is 1. The van der Waals surface area contributed by atoms with Crippen LogP contribution >= 0.6 is 0 Å². The largest absolute Gasteiger partial charge is 0.497 e. The third-order valence-electron chi connectivity index (χ3n) is 4.97. The number of hydrogen-bond acceptors (Lipinski definition) is 6. The lowest BCUT2D eigenvalue weighted by molar-refractivity contribution is 0.415. The first kappa shape index (κ1) is 20.4. The summed E-state index contributed by atoms with van der Waals surface area (Å²) in [5, 5.41) is 4.55. The van der Waals surface area contributed by atoms with Crippen molar-refractivity contribution in [3.05, 3.63) is 60.7 Å². The van der Waals surface area contributed by atoms with Gasteiger partial charge in [0.05, 0.1) is 35.2 Å². The maximum atomic E-state index is 12.8. The molecule has 0 spiro atoms. The molecule has 8 nitrogen and oxygen atoms in total. The first-order valence-corrected chi connectivity index (χ1v) is 12.6. The highest BCUT2D eigenvalue weighted by Crippen LogP contribution is 2.32. The number of nitrogens with one attached hydrogen (secondary N) is 1. The second-order valence-electron chi connectivity index (χ2n) is 7.06. The van der Waals surface area contributed by atoms with Crippen LogP contribution in [0.3, 0.4) is 0 Å². The highest BCUT2D eigenvalue weighted by atomic mass is 32.2. The fraction of sp³-hybridized carbons (Fsp3) is 0.250. The highest BCUT2D eigenvalue weighted by molar-refractivity contribution is 7.92. The maximum Gasteiger partial charge on any atom is 0.263 e. The molecule has 1 saturated heterocycles. The molecule has 1 aromatic heterocycles. The van der Waals surface area contributed by atoms with E-state index in [4.69, 9.17) is 4.74 Å². The summed E-state index contributed by atoms with van der Waals surface area (Å²) in [7, 11) is -5.46. The average molecular weight is 448 g/mol. The van der Waals surface area contributed by atoms with Crippen LogP contribution in [0.25, 0.3) is 11.3 Å². The third-order valence-corrected chi connectivity index (χ3v) is 8.09. The molecule has 30 heavy (non-hydrogen) atoms. The molecule has 1 N–H and O–H groups in total. The lowest BCUT2D eigenvalue weighted by atomic mass is 10.1. The topological polar surface area (TPSA) is 107 Å². The Morgan fingerprint density at radius 2 is 1.80 bits per heavy atom. The Hall–Kier alpha value is -2.85. The van der Waals surface area contributed by atoms with Gasteiger partial charge in [-0.05, 0) is 42.8 Å². The van der Waals surface area contributed by atoms with E-state index in [9.17, 15) is 16.8 Å². The second-order valence-corrected chi connectivity index (χ2v) is 11.0. The van der Waals surface area contributed by atoms with E-state index < -0.39 is 25.9 Å². The van der Waals surface area contributed by atoms with Gasteiger partial charge in [0, 0.05) is 11.6 Å². The van der Waals surface area contributed by atoms with Gasteiger partial charge in [-0.2, -0.15) is 5.10 Å². The quantitative estimate of drug-likeness (QED) is 0.623. The van der Waals surface area contributed by atoms with Crippen molar-refractivity contribution in [2.24, 2.45) is 0 Å². The molecular weight excluding hydrogens is 426 g/mol. The molecule has 0 bridgehead atoms. The average Bonchev–Trinajstić information content (AvgIpc) is 3.31. The van der Waals surface area contributed by atoms with Crippen LogP contribution in [0.2, 0.25) is 0 Å². The molecule has 4 rings (SSSR count). The van der Waals surface area contributed by atoms with Gasteiger partial charge in [0.2, 0.25) is 0 Å². The molecule has 2 heterocycles. The zero-order valence-corrected chi connectivity index (χ0v) is 17.9. The number of rotatable bonds is 6. The van der Waals surface area contributed by atoms with Gasteiger partial charge in [0.1, 0.15) is 11.6 Å². The lowest BCUT2D eigenvalue weighted by Gasteiger charge is -2.14. The fourth-order valence-corrected chi connectivity index (χ4v) is 6.17. The highest BCUT2D eigenvalue weighted by Gasteiger charge is 2.32. The Morgan fingerprint density at radius 1 is 1.10 bits per heavy atom. The van der Waals surface area contributed by atoms with Gasteiger partial charge in [-0.25, -0.2) is 21.5 Å². The monoisotopic (exact) mass is 447 g/mol. The molecule has 1 fully saturated rings. The van der Waals surface area contributed by atoms with E-state index in [0.717, 1.165) is 5.56 Å². The molecular formula is C20H21N3O5S2. The van der Waals surface area contributed by atoms with Gasteiger partial charge in [0.25, 0.3) is 10.0 Å². The minimum Gasteiger partial charge on any atom is -0.497 e. The van der Waals surface area contributed by atoms with Crippen LogP contribution in [0.1, 0.15) is 12.5 Å². The van der Waals surface area contributed by atoms with Crippen LogP contribution in [0.15, 0.2) is 65.6 Å². The van der Waals surface area contributed by atoms with E-state index in [1.807, 2.05) is 12.1 Å². The van der Waals surface area contributed by atoms with Crippen LogP contribution in [0.5, 0.6) is 5.75 Å². The van der Waals surface area contributed by atoms with Gasteiger partial charge in [-0.1, -0.05) is 18.2 Å². The number of hydrogen-bond donors (Lipinski definition) is 1. The van der Waals surface area contributed by atoms with E-state index in [0.29, 0.717) is 17.9 Å².